The first kappa shape index (κ1) is 9.45. The van der Waals surface area contributed by atoms with Crippen LogP contribution in [0, 0.1) is 6.57 Å². The Morgan fingerprint density at radius 2 is 1.90 bits per heavy atom. The van der Waals surface area contributed by atoms with E-state index in [1.165, 1.54) is 0 Å². The SMILES string of the molecule is [C-]#[N+]CCN(C)C(C)(C)C. The lowest BCUT2D eigenvalue weighted by molar-refractivity contribution is 0.184. The van der Waals surface area contributed by atoms with Crippen molar-refractivity contribution >= 4 is 0 Å². The van der Waals surface area contributed by atoms with Crippen LogP contribution >= 0.6 is 0 Å². The summed E-state index contributed by atoms with van der Waals surface area (Å²) in [6, 6.07) is 0. The minimum Gasteiger partial charge on any atom is -0.316 e. The van der Waals surface area contributed by atoms with E-state index in [9.17, 15) is 0 Å². The fraction of sp³-hybridized carbons (Fsp3) is 0.875. The Labute approximate surface area is 63.7 Å². The van der Waals surface area contributed by atoms with E-state index in [1.54, 1.807) is 0 Å². The molecule has 0 amide bonds. The quantitative estimate of drug-likeness (QED) is 0.529. The molecule has 0 N–H and O–H groups in total. The summed E-state index contributed by atoms with van der Waals surface area (Å²) in [6.45, 7) is 14.5. The average Bonchev–Trinajstić information content (AvgIpc) is 1.80. The van der Waals surface area contributed by atoms with Crippen LogP contribution in [0.15, 0.2) is 0 Å². The van der Waals surface area contributed by atoms with Crippen molar-refractivity contribution in [3.63, 3.8) is 0 Å². The molecular weight excluding hydrogens is 124 g/mol. The van der Waals surface area contributed by atoms with E-state index >= 15 is 0 Å². The highest BCUT2D eigenvalue weighted by atomic mass is 15.2. The highest BCUT2D eigenvalue weighted by molar-refractivity contribution is 4.75. The number of likely N-dealkylation sites (N-methyl/N-ethyl adjacent to an activating group) is 1. The molecule has 0 aromatic rings. The van der Waals surface area contributed by atoms with Crippen LogP contribution in [0.25, 0.3) is 4.85 Å². The van der Waals surface area contributed by atoms with Crippen molar-refractivity contribution in [1.29, 1.82) is 0 Å². The summed E-state index contributed by atoms with van der Waals surface area (Å²) in [5.41, 5.74) is 0.199. The summed E-state index contributed by atoms with van der Waals surface area (Å²) in [7, 11) is 2.05. The highest BCUT2D eigenvalue weighted by Gasteiger charge is 2.16. The second-order valence-electron chi connectivity index (χ2n) is 3.47. The van der Waals surface area contributed by atoms with E-state index in [4.69, 9.17) is 6.57 Å². The van der Waals surface area contributed by atoms with Crippen LogP contribution in [0.4, 0.5) is 0 Å². The van der Waals surface area contributed by atoms with Gasteiger partial charge in [0.15, 0.2) is 0 Å². The van der Waals surface area contributed by atoms with Gasteiger partial charge in [-0.1, -0.05) is 0 Å². The lowest BCUT2D eigenvalue weighted by Crippen LogP contribution is -2.39. The molecule has 0 spiro atoms. The molecule has 0 aliphatic carbocycles. The molecule has 0 heterocycles. The molecule has 0 aromatic heterocycles. The Balaban J connectivity index is 3.65. The Bertz CT molecular complexity index is 127. The van der Waals surface area contributed by atoms with Gasteiger partial charge in [0.25, 0.3) is 0 Å². The van der Waals surface area contributed by atoms with Crippen molar-refractivity contribution in [3.8, 4) is 0 Å². The van der Waals surface area contributed by atoms with Crippen molar-refractivity contribution in [2.45, 2.75) is 26.3 Å². The molecule has 2 heteroatoms. The van der Waals surface area contributed by atoms with E-state index in [-0.39, 0.29) is 5.54 Å². The zero-order valence-electron chi connectivity index (χ0n) is 7.31. The van der Waals surface area contributed by atoms with E-state index in [1.807, 2.05) is 7.05 Å². The van der Waals surface area contributed by atoms with Gasteiger partial charge < -0.3 is 4.85 Å². The van der Waals surface area contributed by atoms with Gasteiger partial charge in [-0.25, -0.2) is 6.57 Å². The summed E-state index contributed by atoms with van der Waals surface area (Å²) in [5.74, 6) is 0. The molecule has 0 bridgehead atoms. The number of rotatable bonds is 2. The van der Waals surface area contributed by atoms with Crippen molar-refractivity contribution in [1.82, 2.24) is 4.90 Å². The van der Waals surface area contributed by atoms with Crippen LogP contribution in [0.1, 0.15) is 20.8 Å². The van der Waals surface area contributed by atoms with Crippen molar-refractivity contribution in [2.24, 2.45) is 0 Å². The number of nitrogens with zero attached hydrogens (tertiary/aromatic N) is 2. The van der Waals surface area contributed by atoms with Crippen molar-refractivity contribution in [3.05, 3.63) is 11.4 Å². The Morgan fingerprint density at radius 3 is 2.20 bits per heavy atom. The second kappa shape index (κ2) is 3.58. The molecule has 0 aliphatic rings. The number of hydrogen-bond donors (Lipinski definition) is 0. The molecule has 10 heavy (non-hydrogen) atoms. The minimum absolute atomic E-state index is 0.199. The lowest BCUT2D eigenvalue weighted by atomic mass is 10.1. The third-order valence-corrected chi connectivity index (χ3v) is 1.69. The normalized spacial score (nSPS) is 11.6. The highest BCUT2D eigenvalue weighted by Crippen LogP contribution is 2.08. The Hall–Kier alpha value is -0.550. The van der Waals surface area contributed by atoms with Gasteiger partial charge in [-0.15, -0.1) is 0 Å². The topological polar surface area (TPSA) is 7.60 Å². The molecule has 0 aromatic carbocycles. The smallest absolute Gasteiger partial charge is 0.227 e. The van der Waals surface area contributed by atoms with Gasteiger partial charge in [0.1, 0.15) is 0 Å². The van der Waals surface area contributed by atoms with Gasteiger partial charge in [0.05, 0.1) is 6.54 Å². The first-order chi connectivity index (χ1) is 4.48. The molecule has 0 saturated heterocycles. The third-order valence-electron chi connectivity index (χ3n) is 1.69. The first-order valence-corrected chi connectivity index (χ1v) is 3.53. The van der Waals surface area contributed by atoms with Crippen LogP contribution in [0.3, 0.4) is 0 Å². The number of hydrogen-bond acceptors (Lipinski definition) is 1. The zero-order chi connectivity index (χ0) is 8.20. The van der Waals surface area contributed by atoms with Crippen LogP contribution in [-0.2, 0) is 0 Å². The van der Waals surface area contributed by atoms with Gasteiger partial charge >= 0.3 is 0 Å². The monoisotopic (exact) mass is 140 g/mol. The third kappa shape index (κ3) is 3.47. The average molecular weight is 140 g/mol. The van der Waals surface area contributed by atoms with E-state index < -0.39 is 0 Å². The van der Waals surface area contributed by atoms with Gasteiger partial charge in [-0.3, -0.25) is 4.90 Å². The fourth-order valence-electron chi connectivity index (χ4n) is 0.535. The maximum Gasteiger partial charge on any atom is 0.227 e. The second-order valence-corrected chi connectivity index (χ2v) is 3.47. The predicted molar refractivity (Wildman–Crippen MR) is 43.9 cm³/mol. The molecule has 0 fully saturated rings. The van der Waals surface area contributed by atoms with Crippen LogP contribution in [0.2, 0.25) is 0 Å². The summed E-state index contributed by atoms with van der Waals surface area (Å²) in [6.07, 6.45) is 0. The summed E-state index contributed by atoms with van der Waals surface area (Å²) >= 11 is 0. The van der Waals surface area contributed by atoms with Crippen molar-refractivity contribution < 1.29 is 0 Å². The lowest BCUT2D eigenvalue weighted by Gasteiger charge is -2.29. The zero-order valence-corrected chi connectivity index (χ0v) is 7.31. The molecule has 0 unspecified atom stereocenters. The summed E-state index contributed by atoms with van der Waals surface area (Å²) in [5, 5.41) is 0. The minimum atomic E-state index is 0.199. The molecule has 0 rings (SSSR count). The summed E-state index contributed by atoms with van der Waals surface area (Å²) < 4.78 is 0. The Morgan fingerprint density at radius 1 is 1.40 bits per heavy atom. The molecular formula is C8H16N2. The first-order valence-electron chi connectivity index (χ1n) is 3.53. The predicted octanol–water partition coefficient (Wildman–Crippen LogP) is 1.64. The maximum atomic E-state index is 6.60. The van der Waals surface area contributed by atoms with E-state index in [0.29, 0.717) is 6.54 Å². The fourth-order valence-corrected chi connectivity index (χ4v) is 0.535. The summed E-state index contributed by atoms with van der Waals surface area (Å²) in [4.78, 5) is 5.48. The van der Waals surface area contributed by atoms with Gasteiger partial charge in [-0.05, 0) is 27.8 Å². The van der Waals surface area contributed by atoms with Gasteiger partial charge in [-0.2, -0.15) is 0 Å². The molecule has 0 atom stereocenters. The molecule has 2 nitrogen and oxygen atoms in total. The maximum absolute atomic E-state index is 6.60. The van der Waals surface area contributed by atoms with E-state index in [2.05, 4.69) is 30.5 Å². The van der Waals surface area contributed by atoms with Gasteiger partial charge in [0, 0.05) is 5.54 Å². The molecule has 0 aliphatic heterocycles. The van der Waals surface area contributed by atoms with Crippen LogP contribution < -0.4 is 0 Å². The van der Waals surface area contributed by atoms with E-state index in [0.717, 1.165) is 6.54 Å². The largest absolute Gasteiger partial charge is 0.316 e. The molecule has 58 valence electrons. The van der Waals surface area contributed by atoms with Crippen molar-refractivity contribution in [2.75, 3.05) is 20.1 Å². The van der Waals surface area contributed by atoms with Crippen LogP contribution in [-0.4, -0.2) is 30.6 Å². The van der Waals surface area contributed by atoms with Crippen LogP contribution in [0.5, 0.6) is 0 Å². The molecule has 0 saturated carbocycles. The molecule has 0 radical (unpaired) electrons. The standard InChI is InChI=1S/C8H16N2/c1-8(2,3)10(5)7-6-9-4/h6-7H2,1-3,5H3. The van der Waals surface area contributed by atoms with Gasteiger partial charge in [0.2, 0.25) is 6.54 Å². The Kier molecular flexibility index (Phi) is 3.38.